The standard InChI is InChI=1S/C9H23N3/c1-9(10)8-12(4)7-5-6-11(2)3/h9H,5-8,10H2,1-4H3. The molecule has 12 heavy (non-hydrogen) atoms. The number of rotatable bonds is 6. The lowest BCUT2D eigenvalue weighted by molar-refractivity contribution is 0.289. The quantitative estimate of drug-likeness (QED) is 0.623. The van der Waals surface area contributed by atoms with E-state index in [1.807, 2.05) is 6.92 Å². The van der Waals surface area contributed by atoms with E-state index < -0.39 is 0 Å². The highest BCUT2D eigenvalue weighted by Gasteiger charge is 2.00. The highest BCUT2D eigenvalue weighted by Crippen LogP contribution is 1.90. The molecule has 1 unspecified atom stereocenters. The zero-order valence-electron chi connectivity index (χ0n) is 8.88. The molecule has 0 saturated heterocycles. The van der Waals surface area contributed by atoms with Gasteiger partial charge in [-0.05, 0) is 47.6 Å². The molecule has 3 heteroatoms. The van der Waals surface area contributed by atoms with Crippen molar-refractivity contribution in [2.45, 2.75) is 19.4 Å². The van der Waals surface area contributed by atoms with Gasteiger partial charge in [-0.1, -0.05) is 0 Å². The summed E-state index contributed by atoms with van der Waals surface area (Å²) in [6.45, 7) is 5.33. The van der Waals surface area contributed by atoms with Gasteiger partial charge >= 0.3 is 0 Å². The summed E-state index contributed by atoms with van der Waals surface area (Å²) >= 11 is 0. The molecule has 0 amide bonds. The molecular weight excluding hydrogens is 150 g/mol. The van der Waals surface area contributed by atoms with Crippen LogP contribution in [0.15, 0.2) is 0 Å². The molecule has 0 saturated carbocycles. The van der Waals surface area contributed by atoms with Crippen molar-refractivity contribution in [3.8, 4) is 0 Å². The van der Waals surface area contributed by atoms with Crippen LogP contribution in [0.4, 0.5) is 0 Å². The second-order valence-corrected chi connectivity index (χ2v) is 3.90. The van der Waals surface area contributed by atoms with Gasteiger partial charge in [-0.25, -0.2) is 0 Å². The summed E-state index contributed by atoms with van der Waals surface area (Å²) in [7, 11) is 6.33. The van der Waals surface area contributed by atoms with E-state index in [1.54, 1.807) is 0 Å². The fourth-order valence-electron chi connectivity index (χ4n) is 1.24. The van der Waals surface area contributed by atoms with Crippen LogP contribution in [0.1, 0.15) is 13.3 Å². The summed E-state index contributed by atoms with van der Waals surface area (Å²) in [6.07, 6.45) is 1.22. The van der Waals surface area contributed by atoms with Gasteiger partial charge in [0.1, 0.15) is 0 Å². The third-order valence-corrected chi connectivity index (χ3v) is 1.74. The van der Waals surface area contributed by atoms with Gasteiger partial charge in [0.2, 0.25) is 0 Å². The van der Waals surface area contributed by atoms with Crippen LogP contribution in [-0.2, 0) is 0 Å². The van der Waals surface area contributed by atoms with Gasteiger partial charge in [0.25, 0.3) is 0 Å². The van der Waals surface area contributed by atoms with E-state index in [-0.39, 0.29) is 6.04 Å². The fraction of sp³-hybridized carbons (Fsp3) is 1.00. The monoisotopic (exact) mass is 173 g/mol. The number of nitrogens with two attached hydrogens (primary N) is 1. The first-order valence-electron chi connectivity index (χ1n) is 4.61. The molecule has 0 aromatic rings. The van der Waals surface area contributed by atoms with E-state index in [2.05, 4.69) is 30.9 Å². The predicted molar refractivity (Wildman–Crippen MR) is 54.3 cm³/mol. The van der Waals surface area contributed by atoms with E-state index in [4.69, 9.17) is 5.73 Å². The highest BCUT2D eigenvalue weighted by atomic mass is 15.1. The molecule has 0 aliphatic carbocycles. The molecule has 0 aromatic heterocycles. The molecule has 0 bridgehead atoms. The number of hydrogen-bond donors (Lipinski definition) is 1. The minimum atomic E-state index is 0.286. The largest absolute Gasteiger partial charge is 0.327 e. The van der Waals surface area contributed by atoms with Gasteiger partial charge in [0, 0.05) is 12.6 Å². The summed E-state index contributed by atoms with van der Waals surface area (Å²) in [6, 6.07) is 0.286. The van der Waals surface area contributed by atoms with E-state index >= 15 is 0 Å². The van der Waals surface area contributed by atoms with Gasteiger partial charge in [-0.2, -0.15) is 0 Å². The maximum absolute atomic E-state index is 5.67. The molecule has 0 fully saturated rings. The molecule has 0 aromatic carbocycles. The van der Waals surface area contributed by atoms with E-state index in [1.165, 1.54) is 6.42 Å². The van der Waals surface area contributed by atoms with Crippen LogP contribution >= 0.6 is 0 Å². The summed E-state index contributed by atoms with van der Waals surface area (Å²) < 4.78 is 0. The Morgan fingerprint density at radius 1 is 1.17 bits per heavy atom. The van der Waals surface area contributed by atoms with E-state index in [9.17, 15) is 0 Å². The lowest BCUT2D eigenvalue weighted by atomic mass is 10.3. The Balaban J connectivity index is 3.25. The SMILES string of the molecule is CC(N)CN(C)CCCN(C)C. The van der Waals surface area contributed by atoms with Crippen LogP contribution in [0.3, 0.4) is 0 Å². The van der Waals surface area contributed by atoms with Crippen molar-refractivity contribution in [1.82, 2.24) is 9.80 Å². The molecule has 74 valence electrons. The van der Waals surface area contributed by atoms with Crippen LogP contribution in [-0.4, -0.2) is 56.6 Å². The van der Waals surface area contributed by atoms with Crippen molar-refractivity contribution in [1.29, 1.82) is 0 Å². The van der Waals surface area contributed by atoms with Gasteiger partial charge in [0.15, 0.2) is 0 Å². The maximum atomic E-state index is 5.67. The lowest BCUT2D eigenvalue weighted by Crippen LogP contribution is -2.34. The van der Waals surface area contributed by atoms with Crippen molar-refractivity contribution in [3.63, 3.8) is 0 Å². The Morgan fingerprint density at radius 3 is 2.17 bits per heavy atom. The number of nitrogens with zero attached hydrogens (tertiary/aromatic N) is 2. The summed E-state index contributed by atoms with van der Waals surface area (Å²) in [5.74, 6) is 0. The second kappa shape index (κ2) is 6.40. The minimum Gasteiger partial charge on any atom is -0.327 e. The van der Waals surface area contributed by atoms with E-state index in [0.29, 0.717) is 0 Å². The molecule has 0 radical (unpaired) electrons. The Labute approximate surface area is 76.5 Å². The normalized spacial score (nSPS) is 14.2. The number of hydrogen-bond acceptors (Lipinski definition) is 3. The minimum absolute atomic E-state index is 0.286. The topological polar surface area (TPSA) is 32.5 Å². The first-order chi connectivity index (χ1) is 5.52. The molecule has 0 aliphatic heterocycles. The molecule has 0 aliphatic rings. The highest BCUT2D eigenvalue weighted by molar-refractivity contribution is 4.60. The van der Waals surface area contributed by atoms with Gasteiger partial charge < -0.3 is 15.5 Å². The average molecular weight is 173 g/mol. The molecule has 3 nitrogen and oxygen atoms in total. The smallest absolute Gasteiger partial charge is 0.0139 e. The Morgan fingerprint density at radius 2 is 1.75 bits per heavy atom. The van der Waals surface area contributed by atoms with Crippen molar-refractivity contribution in [3.05, 3.63) is 0 Å². The van der Waals surface area contributed by atoms with Crippen LogP contribution in [0.2, 0.25) is 0 Å². The Bertz CT molecular complexity index is 102. The van der Waals surface area contributed by atoms with Crippen molar-refractivity contribution < 1.29 is 0 Å². The molecule has 0 rings (SSSR count). The molecule has 0 spiro atoms. The van der Waals surface area contributed by atoms with Crippen LogP contribution in [0, 0.1) is 0 Å². The van der Waals surface area contributed by atoms with Gasteiger partial charge in [0.05, 0.1) is 0 Å². The van der Waals surface area contributed by atoms with Crippen molar-refractivity contribution in [2.24, 2.45) is 5.73 Å². The number of likely N-dealkylation sites (N-methyl/N-ethyl adjacent to an activating group) is 1. The van der Waals surface area contributed by atoms with Crippen LogP contribution in [0.5, 0.6) is 0 Å². The zero-order valence-corrected chi connectivity index (χ0v) is 8.88. The van der Waals surface area contributed by atoms with Crippen LogP contribution in [0.25, 0.3) is 0 Å². The maximum Gasteiger partial charge on any atom is 0.0139 e. The second-order valence-electron chi connectivity index (χ2n) is 3.90. The molecule has 2 N–H and O–H groups in total. The summed E-state index contributed by atoms with van der Waals surface area (Å²) in [5.41, 5.74) is 5.67. The van der Waals surface area contributed by atoms with Gasteiger partial charge in [-0.15, -0.1) is 0 Å². The third kappa shape index (κ3) is 7.98. The average Bonchev–Trinajstić information content (AvgIpc) is 1.84. The zero-order chi connectivity index (χ0) is 9.56. The fourth-order valence-corrected chi connectivity index (χ4v) is 1.24. The first-order valence-corrected chi connectivity index (χ1v) is 4.61. The first kappa shape index (κ1) is 11.9. The molecule has 0 heterocycles. The Hall–Kier alpha value is -0.120. The molecule has 1 atom stereocenters. The summed E-state index contributed by atoms with van der Waals surface area (Å²) in [4.78, 5) is 4.49. The van der Waals surface area contributed by atoms with Crippen molar-refractivity contribution in [2.75, 3.05) is 40.8 Å². The predicted octanol–water partition coefficient (Wildman–Crippen LogP) is 0.217. The lowest BCUT2D eigenvalue weighted by Gasteiger charge is -2.19. The van der Waals surface area contributed by atoms with Gasteiger partial charge in [-0.3, -0.25) is 0 Å². The van der Waals surface area contributed by atoms with E-state index in [0.717, 1.165) is 19.6 Å². The molecular formula is C9H23N3. The van der Waals surface area contributed by atoms with Crippen molar-refractivity contribution >= 4 is 0 Å². The van der Waals surface area contributed by atoms with Crippen LogP contribution < -0.4 is 5.73 Å². The summed E-state index contributed by atoms with van der Waals surface area (Å²) in [5, 5.41) is 0. The third-order valence-electron chi connectivity index (χ3n) is 1.74. The Kier molecular flexibility index (Phi) is 6.34.